The summed E-state index contributed by atoms with van der Waals surface area (Å²) in [4.78, 5) is 29.3. The lowest BCUT2D eigenvalue weighted by Crippen LogP contribution is -2.42. The highest BCUT2D eigenvalue weighted by atomic mass is 16.5. The maximum Gasteiger partial charge on any atom is 0.247 e. The Morgan fingerprint density at radius 3 is 2.70 bits per heavy atom. The Kier molecular flexibility index (Phi) is 8.67. The monoisotopic (exact) mass is 542 g/mol. The number of carbonyl (C=O) groups is 1. The van der Waals surface area contributed by atoms with Gasteiger partial charge in [0, 0.05) is 75.1 Å². The summed E-state index contributed by atoms with van der Waals surface area (Å²) in [7, 11) is 1.71. The van der Waals surface area contributed by atoms with E-state index in [-0.39, 0.29) is 29.2 Å². The number of nitrogens with zero attached hydrogens (tertiary/aromatic N) is 2. The summed E-state index contributed by atoms with van der Waals surface area (Å²) in [5, 5.41) is 11.3. The zero-order valence-electron chi connectivity index (χ0n) is 23.0. The third-order valence-electron chi connectivity index (χ3n) is 7.88. The maximum absolute atomic E-state index is 13.3. The van der Waals surface area contributed by atoms with Crippen LogP contribution in [0.15, 0.2) is 71.7 Å². The zero-order chi connectivity index (χ0) is 28.1. The van der Waals surface area contributed by atoms with Gasteiger partial charge in [-0.1, -0.05) is 30.3 Å². The third-order valence-corrected chi connectivity index (χ3v) is 7.88. The van der Waals surface area contributed by atoms with Gasteiger partial charge in [0.2, 0.25) is 11.5 Å². The van der Waals surface area contributed by atoms with E-state index in [1.807, 2.05) is 41.3 Å². The van der Waals surface area contributed by atoms with Crippen molar-refractivity contribution in [1.82, 2.24) is 14.5 Å². The molecule has 1 aliphatic heterocycles. The van der Waals surface area contributed by atoms with Gasteiger partial charge in [-0.2, -0.15) is 0 Å². The first-order valence-corrected chi connectivity index (χ1v) is 14.0. The molecule has 5 rings (SSSR count). The number of pyridine rings is 1. The normalized spacial score (nSPS) is 16.4. The van der Waals surface area contributed by atoms with Gasteiger partial charge >= 0.3 is 0 Å². The molecule has 8 heteroatoms. The Labute approximate surface area is 234 Å². The van der Waals surface area contributed by atoms with Gasteiger partial charge in [-0.15, -0.1) is 0 Å². The number of H-pyrrole nitrogens is 1. The average molecular weight is 543 g/mol. The molecule has 0 spiro atoms. The molecule has 2 atom stereocenters. The summed E-state index contributed by atoms with van der Waals surface area (Å²) in [6.07, 6.45) is 5.42. The number of hydrogen-bond donors (Lipinski definition) is 3. The molecule has 0 saturated carbocycles. The topological polar surface area (TPSA) is 114 Å². The molecule has 1 amide bonds. The second-order valence-electron chi connectivity index (χ2n) is 10.8. The van der Waals surface area contributed by atoms with Crippen LogP contribution in [0.5, 0.6) is 5.75 Å². The molecule has 4 N–H and O–H groups in total. The number of fused-ring (bicyclic) bond motifs is 1. The van der Waals surface area contributed by atoms with Crippen molar-refractivity contribution >= 4 is 16.8 Å². The van der Waals surface area contributed by atoms with Crippen LogP contribution in [-0.4, -0.2) is 58.3 Å². The number of amides is 1. The molecule has 1 unspecified atom stereocenters. The van der Waals surface area contributed by atoms with E-state index < -0.39 is 0 Å². The highest BCUT2D eigenvalue weighted by Crippen LogP contribution is 2.35. The molecule has 3 heterocycles. The molecule has 1 fully saturated rings. The van der Waals surface area contributed by atoms with Gasteiger partial charge in [0.05, 0.1) is 5.52 Å². The van der Waals surface area contributed by atoms with Crippen LogP contribution in [0.1, 0.15) is 42.9 Å². The highest BCUT2D eigenvalue weighted by molar-refractivity contribution is 5.87. The minimum absolute atomic E-state index is 0.0898. The largest absolute Gasteiger partial charge is 0.507 e. The Hall–Kier alpha value is -3.88. The molecule has 2 aromatic heterocycles. The number of hydrogen-bond acceptors (Lipinski definition) is 5. The van der Waals surface area contributed by atoms with Crippen molar-refractivity contribution in [2.24, 2.45) is 5.73 Å². The Bertz CT molecular complexity index is 1490. The number of aromatic nitrogens is 2. The molecule has 4 aromatic rings. The predicted octanol–water partition coefficient (Wildman–Crippen LogP) is 4.40. The quantitative estimate of drug-likeness (QED) is 0.257. The molecule has 1 saturated heterocycles. The van der Waals surface area contributed by atoms with E-state index in [1.54, 1.807) is 25.4 Å². The van der Waals surface area contributed by atoms with Crippen molar-refractivity contribution in [2.45, 2.75) is 50.6 Å². The summed E-state index contributed by atoms with van der Waals surface area (Å²) in [6, 6.07) is 18.9. The maximum atomic E-state index is 13.3. The lowest BCUT2D eigenvalue weighted by Gasteiger charge is -2.34. The summed E-state index contributed by atoms with van der Waals surface area (Å²) < 4.78 is 7.57. The molecular formula is C32H38N4O4. The predicted molar refractivity (Wildman–Crippen MR) is 157 cm³/mol. The van der Waals surface area contributed by atoms with Gasteiger partial charge in [-0.05, 0) is 66.6 Å². The number of aromatic amines is 1. The molecule has 8 nitrogen and oxygen atoms in total. The number of carbonyl (C=O) groups excluding carboxylic acids is 1. The molecule has 0 aliphatic carbocycles. The van der Waals surface area contributed by atoms with E-state index in [4.69, 9.17) is 10.5 Å². The number of nitrogens with one attached hydrogen (secondary N) is 1. The standard InChI is InChI=1S/C32H38N4O4/c1-40-16-4-15-36-28-6-2-7-30(37)27(28)19-29(36)25-5-3-14-35(21-25)32(39)18-26(33)17-22-8-10-23(11-9-22)24-12-13-31(38)34-20-24/h2,6-13,19-20,25-26,37H,3-5,14-18,21,33H2,1H3,(H,34,38)/t25?,26-/m1/s1. The number of likely N-dealkylation sites (tertiary alicyclic amines) is 1. The Balaban J connectivity index is 1.23. The Morgan fingerprint density at radius 1 is 1.15 bits per heavy atom. The molecule has 40 heavy (non-hydrogen) atoms. The van der Waals surface area contributed by atoms with Crippen molar-refractivity contribution in [2.75, 3.05) is 26.8 Å². The van der Waals surface area contributed by atoms with Crippen molar-refractivity contribution < 1.29 is 14.6 Å². The summed E-state index contributed by atoms with van der Waals surface area (Å²) in [5.41, 5.74) is 11.5. The summed E-state index contributed by atoms with van der Waals surface area (Å²) >= 11 is 0. The first-order valence-electron chi connectivity index (χ1n) is 14.0. The molecule has 0 bridgehead atoms. The van der Waals surface area contributed by atoms with Crippen LogP contribution in [0.2, 0.25) is 0 Å². The van der Waals surface area contributed by atoms with Crippen molar-refractivity contribution in [3.63, 3.8) is 0 Å². The van der Waals surface area contributed by atoms with Gasteiger partial charge in [-0.3, -0.25) is 9.59 Å². The number of benzene rings is 2. The Morgan fingerprint density at radius 2 is 1.95 bits per heavy atom. The van der Waals surface area contributed by atoms with Gasteiger partial charge in [0.25, 0.3) is 0 Å². The number of aryl methyl sites for hydroxylation is 1. The minimum atomic E-state index is -0.274. The van der Waals surface area contributed by atoms with Crippen molar-refractivity contribution in [3.05, 3.63) is 88.5 Å². The SMILES string of the molecule is COCCCn1c(C2CCCN(C(=O)C[C@H](N)Cc3ccc(-c4ccc(=O)[nH]c4)cc3)C2)cc2c(O)cccc21. The number of rotatable bonds is 10. The first kappa shape index (κ1) is 27.7. The van der Waals surface area contributed by atoms with Crippen LogP contribution in [0.4, 0.5) is 0 Å². The summed E-state index contributed by atoms with van der Waals surface area (Å²) in [6.45, 7) is 2.86. The van der Waals surface area contributed by atoms with Gasteiger partial charge in [0.1, 0.15) is 5.75 Å². The number of aromatic hydroxyl groups is 1. The fourth-order valence-corrected chi connectivity index (χ4v) is 5.84. The van der Waals surface area contributed by atoms with E-state index in [1.165, 1.54) is 6.07 Å². The summed E-state index contributed by atoms with van der Waals surface area (Å²) in [5.74, 6) is 0.571. The van der Waals surface area contributed by atoms with E-state index in [0.29, 0.717) is 26.0 Å². The van der Waals surface area contributed by atoms with Crippen LogP contribution in [0, 0.1) is 0 Å². The van der Waals surface area contributed by atoms with Crippen molar-refractivity contribution in [3.8, 4) is 16.9 Å². The lowest BCUT2D eigenvalue weighted by atomic mass is 9.93. The van der Waals surface area contributed by atoms with Crippen LogP contribution in [-0.2, 0) is 22.5 Å². The number of piperidine rings is 1. The van der Waals surface area contributed by atoms with E-state index in [0.717, 1.165) is 65.6 Å². The van der Waals surface area contributed by atoms with Crippen LogP contribution in [0.3, 0.4) is 0 Å². The van der Waals surface area contributed by atoms with E-state index in [2.05, 4.69) is 15.6 Å². The van der Waals surface area contributed by atoms with Gasteiger partial charge in [0.15, 0.2) is 0 Å². The average Bonchev–Trinajstić information content (AvgIpc) is 3.34. The molecule has 210 valence electrons. The lowest BCUT2D eigenvalue weighted by molar-refractivity contribution is -0.132. The number of nitrogens with two attached hydrogens (primary N) is 1. The first-order chi connectivity index (χ1) is 19.4. The van der Waals surface area contributed by atoms with Gasteiger partial charge < -0.3 is 30.0 Å². The van der Waals surface area contributed by atoms with E-state index in [9.17, 15) is 14.7 Å². The number of methoxy groups -OCH3 is 1. The fraction of sp³-hybridized carbons (Fsp3) is 0.375. The molecular weight excluding hydrogens is 504 g/mol. The molecule has 2 aromatic carbocycles. The van der Waals surface area contributed by atoms with Crippen LogP contribution >= 0.6 is 0 Å². The van der Waals surface area contributed by atoms with Crippen LogP contribution in [0.25, 0.3) is 22.0 Å². The van der Waals surface area contributed by atoms with Crippen LogP contribution < -0.4 is 11.3 Å². The minimum Gasteiger partial charge on any atom is -0.507 e. The molecule has 0 radical (unpaired) electrons. The van der Waals surface area contributed by atoms with Gasteiger partial charge in [-0.25, -0.2) is 0 Å². The number of ether oxygens (including phenoxy) is 1. The smallest absolute Gasteiger partial charge is 0.247 e. The second-order valence-corrected chi connectivity index (χ2v) is 10.8. The highest BCUT2D eigenvalue weighted by Gasteiger charge is 2.28. The third kappa shape index (κ3) is 6.29. The second kappa shape index (κ2) is 12.5. The number of phenolic OH excluding ortho intramolecular Hbond substituents is 1. The fourth-order valence-electron chi connectivity index (χ4n) is 5.84. The van der Waals surface area contributed by atoms with E-state index >= 15 is 0 Å². The molecule has 1 aliphatic rings. The number of phenols is 1. The zero-order valence-corrected chi connectivity index (χ0v) is 23.0. The van der Waals surface area contributed by atoms with Crippen molar-refractivity contribution in [1.29, 1.82) is 0 Å².